The Morgan fingerprint density at radius 1 is 1.00 bits per heavy atom. The van der Waals surface area contributed by atoms with Gasteiger partial charge in [-0.05, 0) is 110 Å². The van der Waals surface area contributed by atoms with Gasteiger partial charge in [0.1, 0.15) is 0 Å². The Kier molecular flexibility index (Phi) is 7.68. The predicted molar refractivity (Wildman–Crippen MR) is 141 cm³/mol. The van der Waals surface area contributed by atoms with Crippen molar-refractivity contribution in [2.24, 2.45) is 52.3 Å². The molecule has 0 heterocycles. The zero-order valence-corrected chi connectivity index (χ0v) is 22.5. The number of rotatable bonds is 8. The Morgan fingerprint density at radius 2 is 1.75 bits per heavy atom. The van der Waals surface area contributed by atoms with Gasteiger partial charge < -0.3 is 0 Å². The molecule has 0 N–H and O–H groups in total. The van der Waals surface area contributed by atoms with Crippen LogP contribution in [0.25, 0.3) is 0 Å². The Labute approximate surface area is 201 Å². The van der Waals surface area contributed by atoms with E-state index in [-0.39, 0.29) is 0 Å². The summed E-state index contributed by atoms with van der Waals surface area (Å²) in [6.45, 7) is 15.1. The van der Waals surface area contributed by atoms with E-state index in [1.165, 1.54) is 83.5 Å². The molecule has 0 aliphatic heterocycles. The van der Waals surface area contributed by atoms with Crippen molar-refractivity contribution < 1.29 is 0 Å². The number of hydrogen-bond donors (Lipinski definition) is 0. The van der Waals surface area contributed by atoms with Gasteiger partial charge in [-0.2, -0.15) is 0 Å². The van der Waals surface area contributed by atoms with Crippen LogP contribution in [0, 0.1) is 52.3 Å². The summed E-state index contributed by atoms with van der Waals surface area (Å²) in [6, 6.07) is 0. The summed E-state index contributed by atoms with van der Waals surface area (Å²) < 4.78 is 0. The van der Waals surface area contributed by atoms with Gasteiger partial charge >= 0.3 is 0 Å². The molecular formula is C32H54. The SMILES string of the molecule is CCCC(C/C=C/[C@@H](C)[C@H]1CC[C@H]2[C@@H]3CC=C4C[C@@H](C)CC[C@]4(C)[C@H]3CC[C@]12C)CCC. The van der Waals surface area contributed by atoms with Crippen molar-refractivity contribution in [1.29, 1.82) is 0 Å². The molecule has 0 heteroatoms. The van der Waals surface area contributed by atoms with Crippen LogP contribution >= 0.6 is 0 Å². The Bertz CT molecular complexity index is 678. The lowest BCUT2D eigenvalue weighted by atomic mass is 9.46. The third-order valence-corrected chi connectivity index (χ3v) is 11.4. The lowest BCUT2D eigenvalue weighted by Crippen LogP contribution is -2.50. The molecule has 0 unspecified atom stereocenters. The fourth-order valence-electron chi connectivity index (χ4n) is 9.56. The molecule has 0 bridgehead atoms. The van der Waals surface area contributed by atoms with E-state index >= 15 is 0 Å². The van der Waals surface area contributed by atoms with E-state index in [1.807, 2.05) is 5.57 Å². The van der Waals surface area contributed by atoms with Gasteiger partial charge in [-0.3, -0.25) is 0 Å². The molecule has 0 saturated heterocycles. The Morgan fingerprint density at radius 3 is 2.47 bits per heavy atom. The van der Waals surface area contributed by atoms with E-state index in [9.17, 15) is 0 Å². The smallest absolute Gasteiger partial charge is 0.00851 e. The minimum Gasteiger partial charge on any atom is -0.0880 e. The quantitative estimate of drug-likeness (QED) is 0.331. The van der Waals surface area contributed by atoms with Gasteiger partial charge in [0.15, 0.2) is 0 Å². The summed E-state index contributed by atoms with van der Waals surface area (Å²) in [6.07, 6.45) is 26.5. The second-order valence-corrected chi connectivity index (χ2v) is 13.3. The summed E-state index contributed by atoms with van der Waals surface area (Å²) in [5.41, 5.74) is 2.98. The molecule has 4 rings (SSSR count). The van der Waals surface area contributed by atoms with Gasteiger partial charge in [0, 0.05) is 0 Å². The minimum absolute atomic E-state index is 0.536. The molecule has 4 aliphatic carbocycles. The lowest BCUT2D eigenvalue weighted by molar-refractivity contribution is -0.0486. The largest absolute Gasteiger partial charge is 0.0880 e. The van der Waals surface area contributed by atoms with Crippen molar-refractivity contribution in [1.82, 2.24) is 0 Å². The fraction of sp³-hybridized carbons (Fsp3) is 0.875. The minimum atomic E-state index is 0.536. The molecule has 0 aromatic heterocycles. The second-order valence-electron chi connectivity index (χ2n) is 13.3. The van der Waals surface area contributed by atoms with Crippen molar-refractivity contribution >= 4 is 0 Å². The van der Waals surface area contributed by atoms with Crippen molar-refractivity contribution in [2.45, 2.75) is 125 Å². The maximum Gasteiger partial charge on any atom is -0.00851 e. The van der Waals surface area contributed by atoms with Crippen LogP contribution in [0.15, 0.2) is 23.8 Å². The highest BCUT2D eigenvalue weighted by Crippen LogP contribution is 2.67. The van der Waals surface area contributed by atoms with Crippen LogP contribution in [0.3, 0.4) is 0 Å². The summed E-state index contributed by atoms with van der Waals surface area (Å²) in [7, 11) is 0. The molecule has 3 fully saturated rings. The Hall–Kier alpha value is -0.520. The first kappa shape index (κ1) is 24.6. The van der Waals surface area contributed by atoms with Crippen molar-refractivity contribution in [2.75, 3.05) is 0 Å². The number of fused-ring (bicyclic) bond motifs is 5. The highest BCUT2D eigenvalue weighted by Gasteiger charge is 2.58. The van der Waals surface area contributed by atoms with E-state index in [2.05, 4.69) is 59.8 Å². The van der Waals surface area contributed by atoms with Crippen LogP contribution in [0.2, 0.25) is 0 Å². The van der Waals surface area contributed by atoms with Crippen molar-refractivity contribution in [3.63, 3.8) is 0 Å². The third kappa shape index (κ3) is 4.43. The summed E-state index contributed by atoms with van der Waals surface area (Å²) in [5.74, 6) is 6.41. The van der Waals surface area contributed by atoms with Gasteiger partial charge in [0.05, 0.1) is 0 Å². The molecule has 182 valence electrons. The zero-order chi connectivity index (χ0) is 22.9. The van der Waals surface area contributed by atoms with E-state index in [1.54, 1.807) is 0 Å². The molecule has 0 spiro atoms. The van der Waals surface area contributed by atoms with E-state index in [0.717, 1.165) is 41.4 Å². The highest BCUT2D eigenvalue weighted by molar-refractivity contribution is 5.25. The van der Waals surface area contributed by atoms with Crippen LogP contribution in [-0.2, 0) is 0 Å². The lowest BCUT2D eigenvalue weighted by Gasteiger charge is -2.58. The molecule has 0 nitrogen and oxygen atoms in total. The van der Waals surface area contributed by atoms with Crippen molar-refractivity contribution in [3.8, 4) is 0 Å². The molecule has 8 atom stereocenters. The summed E-state index contributed by atoms with van der Waals surface area (Å²) in [4.78, 5) is 0. The van der Waals surface area contributed by atoms with Gasteiger partial charge in [-0.15, -0.1) is 0 Å². The number of allylic oxidation sites excluding steroid dienone is 4. The zero-order valence-electron chi connectivity index (χ0n) is 22.5. The first-order valence-corrected chi connectivity index (χ1v) is 14.7. The average Bonchev–Trinajstić information content (AvgIpc) is 3.12. The topological polar surface area (TPSA) is 0 Å². The highest BCUT2D eigenvalue weighted by atomic mass is 14.6. The van der Waals surface area contributed by atoms with E-state index in [0.29, 0.717) is 10.8 Å². The summed E-state index contributed by atoms with van der Waals surface area (Å²) in [5, 5.41) is 0. The number of hydrogen-bond acceptors (Lipinski definition) is 0. The van der Waals surface area contributed by atoms with E-state index in [4.69, 9.17) is 0 Å². The maximum atomic E-state index is 2.75. The monoisotopic (exact) mass is 438 g/mol. The fourth-order valence-corrected chi connectivity index (χ4v) is 9.56. The standard InChI is InChI=1S/C32H54/c1-7-10-25(11-8-2)13-9-12-24(4)28-16-17-29-27-15-14-26-22-23(3)18-20-31(26,5)30(27)19-21-32(28,29)6/h9,12,14,23-25,27-30H,7-8,10-11,13,15-22H2,1-6H3/b12-9+/t23-,24+,27-,28+,29-,30-,31-,32+/m0/s1. The van der Waals surface area contributed by atoms with Crippen LogP contribution in [0.4, 0.5) is 0 Å². The maximum absolute atomic E-state index is 2.75. The molecule has 32 heavy (non-hydrogen) atoms. The molecular weight excluding hydrogens is 384 g/mol. The van der Waals surface area contributed by atoms with Crippen LogP contribution in [0.1, 0.15) is 125 Å². The van der Waals surface area contributed by atoms with Gasteiger partial charge in [-0.1, -0.05) is 91.0 Å². The third-order valence-electron chi connectivity index (χ3n) is 11.4. The average molecular weight is 439 g/mol. The second kappa shape index (κ2) is 10.00. The molecule has 0 radical (unpaired) electrons. The Balaban J connectivity index is 1.44. The van der Waals surface area contributed by atoms with E-state index < -0.39 is 0 Å². The van der Waals surface area contributed by atoms with Crippen molar-refractivity contribution in [3.05, 3.63) is 23.8 Å². The molecule has 0 aromatic rings. The van der Waals surface area contributed by atoms with Crippen LogP contribution in [-0.4, -0.2) is 0 Å². The molecule has 0 amide bonds. The normalized spacial score (nSPS) is 42.5. The molecule has 0 aromatic carbocycles. The predicted octanol–water partition coefficient (Wildman–Crippen LogP) is 10.0. The van der Waals surface area contributed by atoms with Gasteiger partial charge in [0.25, 0.3) is 0 Å². The first-order chi connectivity index (χ1) is 15.3. The van der Waals surface area contributed by atoms with Crippen LogP contribution < -0.4 is 0 Å². The first-order valence-electron chi connectivity index (χ1n) is 14.7. The van der Waals surface area contributed by atoms with Gasteiger partial charge in [-0.25, -0.2) is 0 Å². The summed E-state index contributed by atoms with van der Waals surface area (Å²) >= 11 is 0. The molecule has 4 aliphatic rings. The van der Waals surface area contributed by atoms with Gasteiger partial charge in [0.2, 0.25) is 0 Å². The van der Waals surface area contributed by atoms with Crippen LogP contribution in [0.5, 0.6) is 0 Å². The molecule has 3 saturated carbocycles.